The highest BCUT2D eigenvalue weighted by atomic mass is 16.3. The van der Waals surface area contributed by atoms with Crippen LogP contribution in [0.1, 0.15) is 38.7 Å². The number of β-amino-alcohol motifs (C(OH)–C–C–N with tert-alkyl or cyclic N) is 1. The van der Waals surface area contributed by atoms with Gasteiger partial charge in [-0.2, -0.15) is 0 Å². The van der Waals surface area contributed by atoms with Crippen LogP contribution in [-0.4, -0.2) is 79.7 Å². The minimum absolute atomic E-state index is 0.0621. The summed E-state index contributed by atoms with van der Waals surface area (Å²) < 4.78 is 1.57. The van der Waals surface area contributed by atoms with Crippen molar-refractivity contribution in [1.29, 1.82) is 0 Å². The third kappa shape index (κ3) is 6.20. The van der Waals surface area contributed by atoms with Crippen molar-refractivity contribution in [3.63, 3.8) is 0 Å². The maximum absolute atomic E-state index is 13.1. The highest BCUT2D eigenvalue weighted by Crippen LogP contribution is 2.26. The molecule has 1 aliphatic rings. The molecule has 0 radical (unpaired) electrons. The number of aromatic hydroxyl groups is 1. The van der Waals surface area contributed by atoms with Gasteiger partial charge in [-0.3, -0.25) is 14.7 Å². The molecule has 3 atom stereocenters. The standard InChI is InChI=1S/C27H38N6O4/c1-18(19(2)31(3)25-23(36)8-12-33(27(25)37)10-4-5-13-34)30-26-24-21(6-9-28-26)14-20(15-29-24)16-32-11-7-22(35)17-32/h6,8-9,12,14-15,18-19,22,34-36H,4-5,7,10-11,13,16-17H2,1-3H3,(H,28,30)/t18-,19?,22-/m1/s1. The van der Waals surface area contributed by atoms with Gasteiger partial charge in [-0.05, 0) is 56.9 Å². The van der Waals surface area contributed by atoms with Gasteiger partial charge in [-0.25, -0.2) is 4.98 Å². The molecule has 0 amide bonds. The van der Waals surface area contributed by atoms with Gasteiger partial charge in [0.15, 0.2) is 5.82 Å². The Morgan fingerprint density at radius 2 is 2.05 bits per heavy atom. The van der Waals surface area contributed by atoms with Crippen LogP contribution < -0.4 is 15.8 Å². The molecule has 1 unspecified atom stereocenters. The summed E-state index contributed by atoms with van der Waals surface area (Å²) in [5.74, 6) is 0.597. The molecule has 0 aliphatic carbocycles. The number of nitrogens with one attached hydrogen (secondary N) is 1. The molecule has 1 fully saturated rings. The van der Waals surface area contributed by atoms with Crippen LogP contribution in [0.5, 0.6) is 5.75 Å². The summed E-state index contributed by atoms with van der Waals surface area (Å²) in [5, 5.41) is 33.8. The molecular weight excluding hydrogens is 472 g/mol. The van der Waals surface area contributed by atoms with Gasteiger partial charge in [0.25, 0.3) is 5.56 Å². The summed E-state index contributed by atoms with van der Waals surface area (Å²) in [4.78, 5) is 26.3. The zero-order valence-electron chi connectivity index (χ0n) is 21.8. The van der Waals surface area contributed by atoms with Crippen molar-refractivity contribution in [2.45, 2.75) is 64.4 Å². The van der Waals surface area contributed by atoms with E-state index < -0.39 is 0 Å². The van der Waals surface area contributed by atoms with E-state index in [2.05, 4.69) is 21.3 Å². The summed E-state index contributed by atoms with van der Waals surface area (Å²) in [6.45, 7) is 6.89. The minimum Gasteiger partial charge on any atom is -0.506 e. The lowest BCUT2D eigenvalue weighted by atomic mass is 10.1. The quantitative estimate of drug-likeness (QED) is 0.287. The summed E-state index contributed by atoms with van der Waals surface area (Å²) in [5.41, 5.74) is 1.84. The highest BCUT2D eigenvalue weighted by molar-refractivity contribution is 5.88. The molecule has 4 heterocycles. The Morgan fingerprint density at radius 3 is 2.78 bits per heavy atom. The zero-order chi connectivity index (χ0) is 26.5. The van der Waals surface area contributed by atoms with E-state index in [4.69, 9.17) is 10.1 Å². The number of nitrogens with zero attached hydrogens (tertiary/aromatic N) is 5. The molecular formula is C27H38N6O4. The van der Waals surface area contributed by atoms with Gasteiger partial charge < -0.3 is 30.1 Å². The minimum atomic E-state index is -0.262. The molecule has 10 heteroatoms. The molecule has 37 heavy (non-hydrogen) atoms. The van der Waals surface area contributed by atoms with Gasteiger partial charge in [-0.15, -0.1) is 0 Å². The monoisotopic (exact) mass is 510 g/mol. The topological polar surface area (TPSA) is 127 Å². The smallest absolute Gasteiger partial charge is 0.277 e. The second kappa shape index (κ2) is 11.9. The maximum Gasteiger partial charge on any atom is 0.277 e. The summed E-state index contributed by atoms with van der Waals surface area (Å²) in [6.07, 6.45) is 7.06. The van der Waals surface area contributed by atoms with Crippen molar-refractivity contribution in [3.8, 4) is 5.75 Å². The molecule has 0 spiro atoms. The molecule has 0 aromatic carbocycles. The number of aromatic nitrogens is 3. The van der Waals surface area contributed by atoms with Gasteiger partial charge in [-0.1, -0.05) is 0 Å². The number of aryl methyl sites for hydroxylation is 1. The van der Waals surface area contributed by atoms with Crippen molar-refractivity contribution in [1.82, 2.24) is 19.4 Å². The van der Waals surface area contributed by atoms with Crippen LogP contribution in [0, 0.1) is 0 Å². The Balaban J connectivity index is 1.49. The Kier molecular flexibility index (Phi) is 8.63. The van der Waals surface area contributed by atoms with Crippen LogP contribution in [-0.2, 0) is 13.1 Å². The molecule has 4 N–H and O–H groups in total. The van der Waals surface area contributed by atoms with Gasteiger partial charge in [0.2, 0.25) is 0 Å². The largest absolute Gasteiger partial charge is 0.506 e. The van der Waals surface area contributed by atoms with Crippen molar-refractivity contribution in [2.24, 2.45) is 0 Å². The lowest BCUT2D eigenvalue weighted by Gasteiger charge is -2.32. The fraction of sp³-hybridized carbons (Fsp3) is 0.519. The molecule has 3 aromatic rings. The van der Waals surface area contributed by atoms with Crippen molar-refractivity contribution < 1.29 is 15.3 Å². The van der Waals surface area contributed by atoms with Crippen LogP contribution in [0.25, 0.3) is 10.9 Å². The van der Waals surface area contributed by atoms with Crippen LogP contribution >= 0.6 is 0 Å². The second-order valence-corrected chi connectivity index (χ2v) is 10.0. The average Bonchev–Trinajstić information content (AvgIpc) is 3.29. The van der Waals surface area contributed by atoms with E-state index >= 15 is 0 Å². The fourth-order valence-electron chi connectivity index (χ4n) is 4.84. The van der Waals surface area contributed by atoms with Gasteiger partial charge in [0, 0.05) is 75.9 Å². The summed E-state index contributed by atoms with van der Waals surface area (Å²) >= 11 is 0. The molecule has 0 bridgehead atoms. The normalized spacial score (nSPS) is 17.7. The molecule has 10 nitrogen and oxygen atoms in total. The number of aliphatic hydroxyl groups is 2. The molecule has 1 aliphatic heterocycles. The summed E-state index contributed by atoms with van der Waals surface area (Å²) in [7, 11) is 1.80. The zero-order valence-corrected chi connectivity index (χ0v) is 21.8. The molecule has 4 rings (SSSR count). The van der Waals surface area contributed by atoms with E-state index in [-0.39, 0.29) is 41.8 Å². The number of anilines is 2. The number of pyridine rings is 3. The van der Waals surface area contributed by atoms with Gasteiger partial charge in [0.1, 0.15) is 17.0 Å². The highest BCUT2D eigenvalue weighted by Gasteiger charge is 2.24. The van der Waals surface area contributed by atoms with Crippen LogP contribution in [0.3, 0.4) is 0 Å². The van der Waals surface area contributed by atoms with Crippen molar-refractivity contribution >= 4 is 22.4 Å². The van der Waals surface area contributed by atoms with Crippen LogP contribution in [0.2, 0.25) is 0 Å². The number of likely N-dealkylation sites (N-methyl/N-ethyl adjacent to an activating group) is 1. The molecule has 3 aromatic heterocycles. The predicted molar refractivity (Wildman–Crippen MR) is 145 cm³/mol. The van der Waals surface area contributed by atoms with Gasteiger partial charge >= 0.3 is 0 Å². The third-order valence-corrected chi connectivity index (χ3v) is 7.29. The number of rotatable bonds is 11. The van der Waals surface area contributed by atoms with E-state index in [1.165, 1.54) is 6.07 Å². The van der Waals surface area contributed by atoms with Crippen LogP contribution in [0.15, 0.2) is 41.6 Å². The number of unbranched alkanes of at least 4 members (excludes halogenated alkanes) is 1. The number of aliphatic hydroxyl groups excluding tert-OH is 2. The van der Waals surface area contributed by atoms with Gasteiger partial charge in [0.05, 0.1) is 6.10 Å². The molecule has 200 valence electrons. The molecule has 0 saturated carbocycles. The third-order valence-electron chi connectivity index (χ3n) is 7.29. The number of hydrogen-bond donors (Lipinski definition) is 4. The van der Waals surface area contributed by atoms with Crippen molar-refractivity contribution in [2.75, 3.05) is 37.0 Å². The predicted octanol–water partition coefficient (Wildman–Crippen LogP) is 2.16. The van der Waals surface area contributed by atoms with E-state index in [1.54, 1.807) is 28.9 Å². The summed E-state index contributed by atoms with van der Waals surface area (Å²) in [6, 6.07) is 5.30. The Labute approximate surface area is 217 Å². The number of hydrogen-bond acceptors (Lipinski definition) is 9. The van der Waals surface area contributed by atoms with E-state index in [1.807, 2.05) is 26.1 Å². The lowest BCUT2D eigenvalue weighted by molar-refractivity contribution is 0.175. The first kappa shape index (κ1) is 26.8. The van der Waals surface area contributed by atoms with E-state index in [0.717, 1.165) is 36.0 Å². The SMILES string of the molecule is CC([C@@H](C)Nc1nccc2cc(CN3CC[C@@H](O)C3)cnc12)N(C)c1c(O)ccn(CCCCO)c1=O. The van der Waals surface area contributed by atoms with E-state index in [0.29, 0.717) is 31.7 Å². The molecule has 1 saturated heterocycles. The van der Waals surface area contributed by atoms with Crippen LogP contribution in [0.4, 0.5) is 11.5 Å². The lowest BCUT2D eigenvalue weighted by Crippen LogP contribution is -2.44. The average molecular weight is 511 g/mol. The van der Waals surface area contributed by atoms with E-state index in [9.17, 15) is 15.0 Å². The van der Waals surface area contributed by atoms with Crippen molar-refractivity contribution in [3.05, 3.63) is 52.7 Å². The Hall–Kier alpha value is -3.21. The fourth-order valence-corrected chi connectivity index (χ4v) is 4.84. The Bertz CT molecular complexity index is 1270. The maximum atomic E-state index is 13.1. The second-order valence-electron chi connectivity index (χ2n) is 10.0. The Morgan fingerprint density at radius 1 is 1.24 bits per heavy atom. The first-order chi connectivity index (χ1) is 17.8. The first-order valence-corrected chi connectivity index (χ1v) is 12.9. The number of fused-ring (bicyclic) bond motifs is 1. The first-order valence-electron chi connectivity index (χ1n) is 12.9. The number of likely N-dealkylation sites (tertiary alicyclic amines) is 1.